The summed E-state index contributed by atoms with van der Waals surface area (Å²) in [6.07, 6.45) is 8.22. The summed E-state index contributed by atoms with van der Waals surface area (Å²) < 4.78 is 0. The van der Waals surface area contributed by atoms with Crippen LogP contribution in [-0.2, 0) is 6.61 Å². The van der Waals surface area contributed by atoms with Crippen LogP contribution in [-0.4, -0.2) is 11.7 Å². The highest BCUT2D eigenvalue weighted by atomic mass is 16.3. The Hall–Kier alpha value is -1.54. The van der Waals surface area contributed by atoms with Gasteiger partial charge >= 0.3 is 0 Å². The molecule has 1 heterocycles. The molecule has 0 atom stereocenters. The molecule has 0 spiro atoms. The van der Waals surface area contributed by atoms with Crippen molar-refractivity contribution in [3.05, 3.63) is 54.3 Å². The number of rotatable bonds is 2. The standard InChI is InChI=1S/C12H13NO/c14-10-11-4-6-12(7-5-11)13-8-2-1-3-9-13/h1-8,14H,9-10H2. The zero-order chi connectivity index (χ0) is 9.80. The van der Waals surface area contributed by atoms with Crippen molar-refractivity contribution < 1.29 is 5.11 Å². The minimum Gasteiger partial charge on any atom is -0.392 e. The van der Waals surface area contributed by atoms with E-state index >= 15 is 0 Å². The third-order valence-electron chi connectivity index (χ3n) is 2.27. The summed E-state index contributed by atoms with van der Waals surface area (Å²) in [6.45, 7) is 1.02. The minimum absolute atomic E-state index is 0.107. The van der Waals surface area contributed by atoms with Crippen molar-refractivity contribution in [3.63, 3.8) is 0 Å². The molecule has 1 aliphatic heterocycles. The summed E-state index contributed by atoms with van der Waals surface area (Å²) in [5.41, 5.74) is 2.10. The second kappa shape index (κ2) is 4.11. The highest BCUT2D eigenvalue weighted by Crippen LogP contribution is 2.17. The molecule has 0 radical (unpaired) electrons. The Morgan fingerprint density at radius 1 is 1.14 bits per heavy atom. The van der Waals surface area contributed by atoms with Gasteiger partial charge in [-0.1, -0.05) is 24.3 Å². The van der Waals surface area contributed by atoms with Crippen LogP contribution >= 0.6 is 0 Å². The molecule has 72 valence electrons. The molecule has 1 aliphatic rings. The van der Waals surface area contributed by atoms with Crippen LogP contribution < -0.4 is 4.90 Å². The first-order valence-electron chi connectivity index (χ1n) is 4.70. The highest BCUT2D eigenvalue weighted by molar-refractivity contribution is 5.52. The van der Waals surface area contributed by atoms with E-state index in [1.807, 2.05) is 42.6 Å². The maximum absolute atomic E-state index is 8.90. The van der Waals surface area contributed by atoms with Crippen LogP contribution in [0.3, 0.4) is 0 Å². The fourth-order valence-electron chi connectivity index (χ4n) is 1.45. The summed E-state index contributed by atoms with van der Waals surface area (Å²) in [5.74, 6) is 0. The van der Waals surface area contributed by atoms with Crippen molar-refractivity contribution in [3.8, 4) is 0 Å². The smallest absolute Gasteiger partial charge is 0.0681 e. The van der Waals surface area contributed by atoms with Gasteiger partial charge in [-0.3, -0.25) is 0 Å². The maximum atomic E-state index is 8.90. The molecule has 0 unspecified atom stereocenters. The molecular formula is C12H13NO. The van der Waals surface area contributed by atoms with Gasteiger partial charge in [0, 0.05) is 18.4 Å². The molecule has 0 bridgehead atoms. The molecule has 0 amide bonds. The molecule has 0 saturated heterocycles. The van der Waals surface area contributed by atoms with E-state index in [4.69, 9.17) is 5.11 Å². The zero-order valence-electron chi connectivity index (χ0n) is 7.93. The summed E-state index contributed by atoms with van der Waals surface area (Å²) in [6, 6.07) is 7.94. The van der Waals surface area contributed by atoms with E-state index in [-0.39, 0.29) is 6.61 Å². The molecule has 0 fully saturated rings. The van der Waals surface area contributed by atoms with Gasteiger partial charge in [0.2, 0.25) is 0 Å². The van der Waals surface area contributed by atoms with E-state index in [1.54, 1.807) is 0 Å². The van der Waals surface area contributed by atoms with Gasteiger partial charge < -0.3 is 10.0 Å². The third kappa shape index (κ3) is 1.86. The number of hydrogen-bond donors (Lipinski definition) is 1. The first-order valence-corrected chi connectivity index (χ1v) is 4.70. The molecule has 2 heteroatoms. The van der Waals surface area contributed by atoms with Crippen LogP contribution in [0.4, 0.5) is 5.69 Å². The van der Waals surface area contributed by atoms with Crippen LogP contribution in [0.15, 0.2) is 48.7 Å². The predicted molar refractivity (Wildman–Crippen MR) is 58.0 cm³/mol. The summed E-state index contributed by atoms with van der Waals surface area (Å²) >= 11 is 0. The Labute approximate surface area is 83.8 Å². The predicted octanol–water partition coefficient (Wildman–Crippen LogP) is 2.07. The molecule has 1 aromatic rings. The summed E-state index contributed by atoms with van der Waals surface area (Å²) in [4.78, 5) is 2.15. The third-order valence-corrected chi connectivity index (χ3v) is 2.27. The van der Waals surface area contributed by atoms with Crippen LogP contribution in [0.5, 0.6) is 0 Å². The Morgan fingerprint density at radius 2 is 1.93 bits per heavy atom. The van der Waals surface area contributed by atoms with Gasteiger partial charge in [-0.05, 0) is 23.8 Å². The van der Waals surface area contributed by atoms with Crippen LogP contribution in [0.1, 0.15) is 5.56 Å². The first kappa shape index (κ1) is 9.03. The second-order valence-electron chi connectivity index (χ2n) is 3.25. The van der Waals surface area contributed by atoms with E-state index in [1.165, 1.54) is 0 Å². The molecule has 0 aromatic heterocycles. The van der Waals surface area contributed by atoms with Crippen molar-refractivity contribution in [2.45, 2.75) is 6.61 Å². The van der Waals surface area contributed by atoms with E-state index < -0.39 is 0 Å². The lowest BCUT2D eigenvalue weighted by molar-refractivity contribution is 0.282. The van der Waals surface area contributed by atoms with Gasteiger partial charge in [0.15, 0.2) is 0 Å². The van der Waals surface area contributed by atoms with Crippen molar-refractivity contribution in [2.24, 2.45) is 0 Å². The summed E-state index contributed by atoms with van der Waals surface area (Å²) in [7, 11) is 0. The topological polar surface area (TPSA) is 23.5 Å². The van der Waals surface area contributed by atoms with E-state index in [2.05, 4.69) is 11.0 Å². The first-order chi connectivity index (χ1) is 6.90. The summed E-state index contributed by atoms with van der Waals surface area (Å²) in [5, 5.41) is 8.90. The van der Waals surface area contributed by atoms with E-state index in [9.17, 15) is 0 Å². The zero-order valence-corrected chi connectivity index (χ0v) is 7.93. The Balaban J connectivity index is 2.16. The number of allylic oxidation sites excluding steroid dienone is 2. The molecule has 1 N–H and O–H groups in total. The quantitative estimate of drug-likeness (QED) is 0.766. The van der Waals surface area contributed by atoms with Gasteiger partial charge in [0.25, 0.3) is 0 Å². The van der Waals surface area contributed by atoms with Gasteiger partial charge in [0.05, 0.1) is 6.61 Å². The number of hydrogen-bond acceptors (Lipinski definition) is 2. The monoisotopic (exact) mass is 187 g/mol. The fourth-order valence-corrected chi connectivity index (χ4v) is 1.45. The minimum atomic E-state index is 0.107. The van der Waals surface area contributed by atoms with Crippen LogP contribution in [0.2, 0.25) is 0 Å². The molecule has 1 aromatic carbocycles. The maximum Gasteiger partial charge on any atom is 0.0681 e. The number of anilines is 1. The SMILES string of the molecule is OCc1ccc(N2C=CC=CC2)cc1. The van der Waals surface area contributed by atoms with Gasteiger partial charge in [0.1, 0.15) is 0 Å². The Bertz CT molecular complexity index is 351. The van der Waals surface area contributed by atoms with Crippen molar-refractivity contribution in [1.82, 2.24) is 0 Å². The largest absolute Gasteiger partial charge is 0.392 e. The molecular weight excluding hydrogens is 174 g/mol. The lowest BCUT2D eigenvalue weighted by Crippen LogP contribution is -2.17. The van der Waals surface area contributed by atoms with Gasteiger partial charge in [-0.2, -0.15) is 0 Å². The fraction of sp³-hybridized carbons (Fsp3) is 0.167. The van der Waals surface area contributed by atoms with Crippen LogP contribution in [0.25, 0.3) is 0 Å². The molecule has 0 saturated carbocycles. The number of aliphatic hydroxyl groups excluding tert-OH is 1. The van der Waals surface area contributed by atoms with Crippen molar-refractivity contribution >= 4 is 5.69 Å². The number of benzene rings is 1. The average Bonchev–Trinajstić information content (AvgIpc) is 2.30. The van der Waals surface area contributed by atoms with E-state index in [0.717, 1.165) is 17.8 Å². The molecule has 0 aliphatic carbocycles. The Kier molecular flexibility index (Phi) is 2.65. The number of nitrogens with zero attached hydrogens (tertiary/aromatic N) is 1. The highest BCUT2D eigenvalue weighted by Gasteiger charge is 2.02. The van der Waals surface area contributed by atoms with Crippen LogP contribution in [0, 0.1) is 0 Å². The second-order valence-corrected chi connectivity index (χ2v) is 3.25. The Morgan fingerprint density at radius 3 is 2.50 bits per heavy atom. The number of aliphatic hydroxyl groups is 1. The lowest BCUT2D eigenvalue weighted by atomic mass is 10.2. The van der Waals surface area contributed by atoms with Crippen molar-refractivity contribution in [1.29, 1.82) is 0 Å². The normalized spacial score (nSPS) is 14.8. The molecule has 14 heavy (non-hydrogen) atoms. The lowest BCUT2D eigenvalue weighted by Gasteiger charge is -2.20. The van der Waals surface area contributed by atoms with Crippen molar-refractivity contribution in [2.75, 3.05) is 11.4 Å². The molecule has 2 nitrogen and oxygen atoms in total. The average molecular weight is 187 g/mol. The van der Waals surface area contributed by atoms with Gasteiger partial charge in [-0.15, -0.1) is 0 Å². The molecule has 2 rings (SSSR count). The van der Waals surface area contributed by atoms with Gasteiger partial charge in [-0.25, -0.2) is 0 Å². The van der Waals surface area contributed by atoms with E-state index in [0.29, 0.717) is 0 Å².